The first kappa shape index (κ1) is 13.8. The minimum absolute atomic E-state index is 0.167. The van der Waals surface area contributed by atoms with Gasteiger partial charge < -0.3 is 20.3 Å². The minimum Gasteiger partial charge on any atom is -0.508 e. The molecule has 3 rings (SSSR count). The number of hydrogen-bond acceptors (Lipinski definition) is 4. The smallest absolute Gasteiger partial charge is 0.160 e. The number of ether oxygens (including phenoxy) is 1. The molecule has 0 unspecified atom stereocenters. The van der Waals surface area contributed by atoms with Crippen LogP contribution in [0.15, 0.2) is 30.3 Å². The second kappa shape index (κ2) is 5.30. The summed E-state index contributed by atoms with van der Waals surface area (Å²) in [6.45, 7) is 3.46. The molecular formula is C17H19NO3. The van der Waals surface area contributed by atoms with Gasteiger partial charge in [0.05, 0.1) is 7.11 Å². The van der Waals surface area contributed by atoms with Crippen LogP contribution in [0.4, 0.5) is 0 Å². The molecule has 4 nitrogen and oxygen atoms in total. The Bertz CT molecular complexity index is 682. The van der Waals surface area contributed by atoms with Gasteiger partial charge in [-0.3, -0.25) is 0 Å². The molecule has 0 saturated carbocycles. The summed E-state index contributed by atoms with van der Waals surface area (Å²) in [5.41, 5.74) is 4.25. The van der Waals surface area contributed by atoms with E-state index < -0.39 is 0 Å². The average molecular weight is 285 g/mol. The summed E-state index contributed by atoms with van der Waals surface area (Å²) >= 11 is 0. The van der Waals surface area contributed by atoms with E-state index in [2.05, 4.69) is 5.32 Å². The summed E-state index contributed by atoms with van der Waals surface area (Å²) in [5, 5.41) is 23.0. The fourth-order valence-electron chi connectivity index (χ4n) is 2.92. The number of aromatic hydroxyl groups is 2. The number of aryl methyl sites for hydroxylation is 1. The van der Waals surface area contributed by atoms with E-state index in [1.807, 2.05) is 25.1 Å². The molecule has 0 bridgehead atoms. The number of phenols is 2. The van der Waals surface area contributed by atoms with Crippen LogP contribution in [0.1, 0.15) is 28.2 Å². The predicted molar refractivity (Wildman–Crippen MR) is 81.1 cm³/mol. The maximum absolute atomic E-state index is 9.92. The molecule has 0 radical (unpaired) electrons. The second-order valence-electron chi connectivity index (χ2n) is 5.45. The maximum Gasteiger partial charge on any atom is 0.160 e. The van der Waals surface area contributed by atoms with E-state index in [0.29, 0.717) is 11.5 Å². The lowest BCUT2D eigenvalue weighted by atomic mass is 9.84. The van der Waals surface area contributed by atoms with Crippen molar-refractivity contribution in [2.75, 3.05) is 13.7 Å². The third-order valence-corrected chi connectivity index (χ3v) is 4.10. The monoisotopic (exact) mass is 285 g/mol. The highest BCUT2D eigenvalue weighted by Gasteiger charge is 2.24. The van der Waals surface area contributed by atoms with Gasteiger partial charge in [-0.25, -0.2) is 0 Å². The van der Waals surface area contributed by atoms with Crippen LogP contribution in [0.3, 0.4) is 0 Å². The Hall–Kier alpha value is -2.20. The van der Waals surface area contributed by atoms with Gasteiger partial charge in [0.25, 0.3) is 0 Å². The molecule has 1 aliphatic heterocycles. The van der Waals surface area contributed by atoms with E-state index in [-0.39, 0.29) is 11.7 Å². The number of phenolic OH excluding ortho intramolecular Hbond substituents is 2. The molecule has 0 aliphatic carbocycles. The second-order valence-corrected chi connectivity index (χ2v) is 5.45. The Balaban J connectivity index is 2.09. The number of benzene rings is 2. The van der Waals surface area contributed by atoms with Crippen molar-refractivity contribution in [3.63, 3.8) is 0 Å². The molecule has 21 heavy (non-hydrogen) atoms. The number of methoxy groups -OCH3 is 1. The summed E-state index contributed by atoms with van der Waals surface area (Å²) < 4.78 is 5.23. The van der Waals surface area contributed by atoms with E-state index in [1.54, 1.807) is 19.2 Å². The van der Waals surface area contributed by atoms with E-state index in [9.17, 15) is 10.2 Å². The molecule has 4 heteroatoms. The standard InChI is InChI=1S/C17H19NO3/c1-10-5-11(3-4-15(10)19)14-9-18-8-12-6-16(20)17(21-2)7-13(12)14/h3-7,14,18-20H,8-9H2,1-2H3/t14-/m0/s1. The Morgan fingerprint density at radius 3 is 2.67 bits per heavy atom. The van der Waals surface area contributed by atoms with Crippen molar-refractivity contribution in [3.8, 4) is 17.2 Å². The number of hydrogen-bond donors (Lipinski definition) is 3. The Labute approximate surface area is 124 Å². The first-order valence-corrected chi connectivity index (χ1v) is 7.00. The highest BCUT2D eigenvalue weighted by atomic mass is 16.5. The van der Waals surface area contributed by atoms with Crippen molar-refractivity contribution >= 4 is 0 Å². The minimum atomic E-state index is 0.167. The van der Waals surface area contributed by atoms with Gasteiger partial charge in [-0.15, -0.1) is 0 Å². The van der Waals surface area contributed by atoms with E-state index in [0.717, 1.165) is 35.3 Å². The van der Waals surface area contributed by atoms with Crippen LogP contribution < -0.4 is 10.1 Å². The molecule has 2 aromatic carbocycles. The summed E-state index contributed by atoms with van der Waals surface area (Å²) in [4.78, 5) is 0. The van der Waals surface area contributed by atoms with Gasteiger partial charge in [0.2, 0.25) is 0 Å². The topological polar surface area (TPSA) is 61.7 Å². The molecule has 1 heterocycles. The third kappa shape index (κ3) is 2.43. The fourth-order valence-corrected chi connectivity index (χ4v) is 2.92. The quantitative estimate of drug-likeness (QED) is 0.794. The van der Waals surface area contributed by atoms with Crippen LogP contribution >= 0.6 is 0 Å². The van der Waals surface area contributed by atoms with Crippen LogP contribution in [0.2, 0.25) is 0 Å². The van der Waals surface area contributed by atoms with Crippen molar-refractivity contribution in [3.05, 3.63) is 52.6 Å². The van der Waals surface area contributed by atoms with Crippen molar-refractivity contribution in [1.82, 2.24) is 5.32 Å². The molecule has 0 saturated heterocycles. The predicted octanol–water partition coefficient (Wildman–Crippen LogP) is 2.65. The zero-order valence-electron chi connectivity index (χ0n) is 12.2. The van der Waals surface area contributed by atoms with Crippen LogP contribution in [-0.2, 0) is 6.54 Å². The van der Waals surface area contributed by atoms with Gasteiger partial charge in [-0.2, -0.15) is 0 Å². The molecule has 1 aliphatic rings. The van der Waals surface area contributed by atoms with Crippen molar-refractivity contribution < 1.29 is 14.9 Å². The normalized spacial score (nSPS) is 17.3. The summed E-state index contributed by atoms with van der Waals surface area (Å²) in [5.74, 6) is 1.16. The van der Waals surface area contributed by atoms with E-state index in [4.69, 9.17) is 4.74 Å². The van der Waals surface area contributed by atoms with Gasteiger partial charge in [0, 0.05) is 19.0 Å². The SMILES string of the molecule is COc1cc2c(cc1O)CNC[C@H]2c1ccc(O)c(C)c1. The molecular weight excluding hydrogens is 266 g/mol. The Morgan fingerprint density at radius 1 is 1.14 bits per heavy atom. The molecule has 2 aromatic rings. The molecule has 110 valence electrons. The van der Waals surface area contributed by atoms with Gasteiger partial charge in [0.1, 0.15) is 5.75 Å². The summed E-state index contributed by atoms with van der Waals surface area (Å²) in [6.07, 6.45) is 0. The van der Waals surface area contributed by atoms with Crippen molar-refractivity contribution in [2.45, 2.75) is 19.4 Å². The maximum atomic E-state index is 9.92. The molecule has 0 fully saturated rings. The zero-order valence-corrected chi connectivity index (χ0v) is 12.2. The average Bonchev–Trinajstić information content (AvgIpc) is 2.48. The lowest BCUT2D eigenvalue weighted by molar-refractivity contribution is 0.371. The van der Waals surface area contributed by atoms with Gasteiger partial charge in [0.15, 0.2) is 11.5 Å². The third-order valence-electron chi connectivity index (χ3n) is 4.10. The zero-order chi connectivity index (χ0) is 15.0. The first-order chi connectivity index (χ1) is 10.1. The van der Waals surface area contributed by atoms with Gasteiger partial charge in [-0.05, 0) is 47.4 Å². The van der Waals surface area contributed by atoms with Crippen molar-refractivity contribution in [2.24, 2.45) is 0 Å². The summed E-state index contributed by atoms with van der Waals surface area (Å²) in [6, 6.07) is 9.37. The van der Waals surface area contributed by atoms with Crippen LogP contribution in [0.25, 0.3) is 0 Å². The van der Waals surface area contributed by atoms with Crippen LogP contribution in [-0.4, -0.2) is 23.9 Å². The van der Waals surface area contributed by atoms with Gasteiger partial charge >= 0.3 is 0 Å². The first-order valence-electron chi connectivity index (χ1n) is 7.00. The lowest BCUT2D eigenvalue weighted by Gasteiger charge is -2.28. The van der Waals surface area contributed by atoms with Gasteiger partial charge in [-0.1, -0.05) is 12.1 Å². The molecule has 0 aromatic heterocycles. The largest absolute Gasteiger partial charge is 0.508 e. The van der Waals surface area contributed by atoms with E-state index >= 15 is 0 Å². The molecule has 1 atom stereocenters. The number of fused-ring (bicyclic) bond motifs is 1. The van der Waals surface area contributed by atoms with Crippen LogP contribution in [0.5, 0.6) is 17.2 Å². The Kier molecular flexibility index (Phi) is 3.47. The van der Waals surface area contributed by atoms with E-state index in [1.165, 1.54) is 0 Å². The molecule has 3 N–H and O–H groups in total. The molecule has 0 spiro atoms. The highest BCUT2D eigenvalue weighted by molar-refractivity contribution is 5.52. The van der Waals surface area contributed by atoms with Crippen molar-refractivity contribution in [1.29, 1.82) is 0 Å². The number of rotatable bonds is 2. The lowest BCUT2D eigenvalue weighted by Crippen LogP contribution is -2.28. The summed E-state index contributed by atoms with van der Waals surface area (Å²) in [7, 11) is 1.56. The highest BCUT2D eigenvalue weighted by Crippen LogP contribution is 2.38. The fraction of sp³-hybridized carbons (Fsp3) is 0.294. The van der Waals surface area contributed by atoms with Crippen LogP contribution in [0, 0.1) is 6.92 Å². The number of nitrogens with one attached hydrogen (secondary N) is 1. The Morgan fingerprint density at radius 2 is 1.95 bits per heavy atom. The molecule has 0 amide bonds.